The fourth-order valence-corrected chi connectivity index (χ4v) is 4.05. The van der Waals surface area contributed by atoms with Crippen molar-refractivity contribution in [2.24, 2.45) is 4.99 Å². The van der Waals surface area contributed by atoms with Crippen LogP contribution >= 0.6 is 11.6 Å². The Kier molecular flexibility index (Phi) is 9.05. The van der Waals surface area contributed by atoms with E-state index < -0.39 is 0 Å². The van der Waals surface area contributed by atoms with Crippen LogP contribution < -0.4 is 10.1 Å². The van der Waals surface area contributed by atoms with Crippen LogP contribution in [0.1, 0.15) is 6.92 Å². The Morgan fingerprint density at radius 2 is 1.83 bits per heavy atom. The minimum atomic E-state index is 0.490. The Balaban J connectivity index is 1.43. The van der Waals surface area contributed by atoms with Gasteiger partial charge in [0.2, 0.25) is 0 Å². The molecule has 2 aliphatic heterocycles. The zero-order valence-corrected chi connectivity index (χ0v) is 19.4. The number of nitrogens with zero attached hydrogens (tertiary/aromatic N) is 5. The first-order chi connectivity index (χ1) is 14.5. The summed E-state index contributed by atoms with van der Waals surface area (Å²) in [7, 11) is 4.41. The van der Waals surface area contributed by atoms with Crippen molar-refractivity contribution in [2.75, 3.05) is 86.1 Å². The van der Waals surface area contributed by atoms with Gasteiger partial charge in [0.25, 0.3) is 0 Å². The number of benzene rings is 1. The third kappa shape index (κ3) is 7.01. The summed E-state index contributed by atoms with van der Waals surface area (Å²) in [5.41, 5.74) is 0. The molecule has 0 spiro atoms. The quantitative estimate of drug-likeness (QED) is 0.517. The Morgan fingerprint density at radius 1 is 1.10 bits per heavy atom. The molecule has 1 aromatic carbocycles. The molecule has 168 valence electrons. The summed E-state index contributed by atoms with van der Waals surface area (Å²) >= 11 is 5.92. The SMILES string of the molecule is CCNC(=NCC1CN(C)CCN1C)N1CCN(CCOc2ccc(Cl)cc2)CC1. The molecule has 7 nitrogen and oxygen atoms in total. The Hall–Kier alpha value is -1.54. The molecule has 2 aliphatic rings. The number of halogens is 1. The van der Waals surface area contributed by atoms with Crippen LogP contribution in [0.4, 0.5) is 0 Å². The van der Waals surface area contributed by atoms with Gasteiger partial charge in [-0.25, -0.2) is 0 Å². The van der Waals surface area contributed by atoms with Crippen LogP contribution in [-0.4, -0.2) is 118 Å². The summed E-state index contributed by atoms with van der Waals surface area (Å²) in [5, 5.41) is 4.23. The van der Waals surface area contributed by atoms with Crippen molar-refractivity contribution >= 4 is 17.6 Å². The molecule has 2 heterocycles. The van der Waals surface area contributed by atoms with Crippen molar-refractivity contribution in [2.45, 2.75) is 13.0 Å². The number of aliphatic imine (C=N–C) groups is 1. The Labute approximate surface area is 186 Å². The number of ether oxygens (including phenoxy) is 1. The summed E-state index contributed by atoms with van der Waals surface area (Å²) < 4.78 is 5.84. The second-order valence-corrected chi connectivity index (χ2v) is 8.66. The van der Waals surface area contributed by atoms with Crippen LogP contribution in [0.25, 0.3) is 0 Å². The van der Waals surface area contributed by atoms with Crippen molar-refractivity contribution in [3.8, 4) is 5.75 Å². The lowest BCUT2D eigenvalue weighted by Crippen LogP contribution is -2.54. The number of rotatable bonds is 7. The van der Waals surface area contributed by atoms with Gasteiger partial charge in [0.1, 0.15) is 12.4 Å². The molecule has 0 saturated carbocycles. The Morgan fingerprint density at radius 3 is 2.53 bits per heavy atom. The van der Waals surface area contributed by atoms with Crippen LogP contribution in [-0.2, 0) is 0 Å². The molecule has 1 aromatic rings. The lowest BCUT2D eigenvalue weighted by atomic mass is 10.2. The van der Waals surface area contributed by atoms with Gasteiger partial charge < -0.3 is 19.9 Å². The van der Waals surface area contributed by atoms with E-state index >= 15 is 0 Å². The molecule has 0 radical (unpaired) electrons. The zero-order chi connectivity index (χ0) is 21.3. The summed E-state index contributed by atoms with van der Waals surface area (Å²) in [5.74, 6) is 1.93. The van der Waals surface area contributed by atoms with Gasteiger partial charge >= 0.3 is 0 Å². The summed E-state index contributed by atoms with van der Waals surface area (Å²) in [4.78, 5) is 14.7. The highest BCUT2D eigenvalue weighted by atomic mass is 35.5. The average molecular weight is 437 g/mol. The van der Waals surface area contributed by atoms with E-state index in [2.05, 4.69) is 45.9 Å². The number of nitrogens with one attached hydrogen (secondary N) is 1. The van der Waals surface area contributed by atoms with E-state index in [1.165, 1.54) is 0 Å². The van der Waals surface area contributed by atoms with Gasteiger partial charge in [0, 0.05) is 70.0 Å². The van der Waals surface area contributed by atoms with Crippen molar-refractivity contribution in [3.05, 3.63) is 29.3 Å². The maximum atomic E-state index is 5.92. The minimum Gasteiger partial charge on any atom is -0.492 e. The van der Waals surface area contributed by atoms with E-state index in [-0.39, 0.29) is 0 Å². The summed E-state index contributed by atoms with van der Waals surface area (Å²) in [6.45, 7) is 12.9. The van der Waals surface area contributed by atoms with Crippen LogP contribution in [0.5, 0.6) is 5.75 Å². The minimum absolute atomic E-state index is 0.490. The van der Waals surface area contributed by atoms with Gasteiger partial charge in [-0.1, -0.05) is 11.6 Å². The van der Waals surface area contributed by atoms with Crippen LogP contribution in [0, 0.1) is 0 Å². The molecule has 2 saturated heterocycles. The van der Waals surface area contributed by atoms with Gasteiger partial charge in [0.15, 0.2) is 5.96 Å². The molecule has 0 aromatic heterocycles. The molecule has 1 atom stereocenters. The number of hydrogen-bond donors (Lipinski definition) is 1. The fourth-order valence-electron chi connectivity index (χ4n) is 3.92. The maximum Gasteiger partial charge on any atom is 0.194 e. The summed E-state index contributed by atoms with van der Waals surface area (Å²) in [6, 6.07) is 8.05. The monoisotopic (exact) mass is 436 g/mol. The third-order valence-electron chi connectivity index (χ3n) is 5.93. The predicted molar refractivity (Wildman–Crippen MR) is 125 cm³/mol. The van der Waals surface area contributed by atoms with Gasteiger partial charge in [-0.2, -0.15) is 0 Å². The van der Waals surface area contributed by atoms with Crippen molar-refractivity contribution in [3.63, 3.8) is 0 Å². The molecule has 3 rings (SSSR count). The molecule has 30 heavy (non-hydrogen) atoms. The molecule has 1 unspecified atom stereocenters. The first kappa shape index (κ1) is 23.1. The standard InChI is InChI=1S/C22H37ClN6O/c1-4-24-22(25-17-20-18-26(2)9-10-27(20)3)29-13-11-28(12-14-29)15-16-30-21-7-5-19(23)6-8-21/h5-8,20H,4,9-18H2,1-3H3,(H,24,25). The number of guanidine groups is 1. The van der Waals surface area contributed by atoms with Crippen molar-refractivity contribution in [1.29, 1.82) is 0 Å². The van der Waals surface area contributed by atoms with Crippen molar-refractivity contribution < 1.29 is 4.74 Å². The smallest absolute Gasteiger partial charge is 0.194 e. The molecule has 2 fully saturated rings. The second-order valence-electron chi connectivity index (χ2n) is 8.22. The summed E-state index contributed by atoms with van der Waals surface area (Å²) in [6.07, 6.45) is 0. The van der Waals surface area contributed by atoms with Gasteiger partial charge in [-0.3, -0.25) is 14.8 Å². The maximum absolute atomic E-state index is 5.92. The van der Waals surface area contributed by atoms with Crippen LogP contribution in [0.2, 0.25) is 5.02 Å². The molecular formula is C22H37ClN6O. The normalized spacial score (nSPS) is 22.3. The fraction of sp³-hybridized carbons (Fsp3) is 0.682. The zero-order valence-electron chi connectivity index (χ0n) is 18.7. The van der Waals surface area contributed by atoms with Crippen molar-refractivity contribution in [1.82, 2.24) is 24.9 Å². The molecule has 1 N–H and O–H groups in total. The number of likely N-dealkylation sites (N-methyl/N-ethyl adjacent to an activating group) is 2. The number of hydrogen-bond acceptors (Lipinski definition) is 5. The third-order valence-corrected chi connectivity index (χ3v) is 6.18. The van der Waals surface area contributed by atoms with Crippen LogP contribution in [0.15, 0.2) is 29.3 Å². The molecular weight excluding hydrogens is 400 g/mol. The van der Waals surface area contributed by atoms with Crippen LogP contribution in [0.3, 0.4) is 0 Å². The molecule has 0 bridgehead atoms. The second kappa shape index (κ2) is 11.7. The Bertz CT molecular complexity index is 662. The van der Waals surface area contributed by atoms with E-state index in [0.717, 1.165) is 82.2 Å². The first-order valence-corrected chi connectivity index (χ1v) is 11.5. The largest absolute Gasteiger partial charge is 0.492 e. The van der Waals surface area contributed by atoms with E-state index in [1.54, 1.807) is 0 Å². The highest BCUT2D eigenvalue weighted by Gasteiger charge is 2.23. The average Bonchev–Trinajstić information content (AvgIpc) is 2.75. The molecule has 8 heteroatoms. The highest BCUT2D eigenvalue weighted by Crippen LogP contribution is 2.15. The predicted octanol–water partition coefficient (Wildman–Crippen LogP) is 1.55. The molecule has 0 aliphatic carbocycles. The number of piperazine rings is 2. The van der Waals surface area contributed by atoms with Gasteiger partial charge in [-0.15, -0.1) is 0 Å². The first-order valence-electron chi connectivity index (χ1n) is 11.1. The van der Waals surface area contributed by atoms with E-state index in [1.807, 2.05) is 24.3 Å². The van der Waals surface area contributed by atoms with E-state index in [4.69, 9.17) is 21.3 Å². The van der Waals surface area contributed by atoms with E-state index in [0.29, 0.717) is 12.6 Å². The highest BCUT2D eigenvalue weighted by molar-refractivity contribution is 6.30. The van der Waals surface area contributed by atoms with Gasteiger partial charge in [-0.05, 0) is 45.3 Å². The lowest BCUT2D eigenvalue weighted by molar-refractivity contribution is 0.119. The van der Waals surface area contributed by atoms with Gasteiger partial charge in [0.05, 0.1) is 6.54 Å². The topological polar surface area (TPSA) is 46.6 Å². The van der Waals surface area contributed by atoms with E-state index in [9.17, 15) is 0 Å². The lowest BCUT2D eigenvalue weighted by Gasteiger charge is -2.38. The molecule has 0 amide bonds.